The molecule has 0 unspecified atom stereocenters. The van der Waals surface area contributed by atoms with E-state index in [4.69, 9.17) is 37.7 Å². The Morgan fingerprint density at radius 3 is 2.45 bits per heavy atom. The van der Waals surface area contributed by atoms with Crippen LogP contribution in [0.4, 0.5) is 4.79 Å². The van der Waals surface area contributed by atoms with Gasteiger partial charge in [-0.05, 0) is 49.1 Å². The van der Waals surface area contributed by atoms with Gasteiger partial charge in [0.25, 0.3) is 0 Å². The lowest BCUT2D eigenvalue weighted by Gasteiger charge is -2.33. The van der Waals surface area contributed by atoms with Crippen LogP contribution < -0.4 is 9.47 Å². The molecule has 0 radical (unpaired) electrons. The average molecular weight is 843 g/mol. The molecule has 2 aromatic heterocycles. The third-order valence-electron chi connectivity index (χ3n) is 11.4. The summed E-state index contributed by atoms with van der Waals surface area (Å²) in [7, 11) is 5.78. The van der Waals surface area contributed by atoms with Gasteiger partial charge in [-0.25, -0.2) is 14.6 Å². The van der Waals surface area contributed by atoms with E-state index < -0.39 is 35.3 Å². The Labute approximate surface area is 357 Å². The van der Waals surface area contributed by atoms with E-state index in [1.165, 1.54) is 27.5 Å². The second kappa shape index (κ2) is 17.2. The van der Waals surface area contributed by atoms with Gasteiger partial charge in [-0.2, -0.15) is 0 Å². The maximum Gasteiger partial charge on any atom is 0.412 e. The van der Waals surface area contributed by atoms with Gasteiger partial charge in [0.05, 0.1) is 38.6 Å². The van der Waals surface area contributed by atoms with E-state index in [2.05, 4.69) is 10.1 Å². The Bertz CT molecular complexity index is 2650. The fraction of sp³-hybridized carbons (Fsp3) is 0.298. The number of carbonyl (C=O) groups excluding carboxylic acids is 3. The van der Waals surface area contributed by atoms with Crippen LogP contribution in [0.15, 0.2) is 107 Å². The highest BCUT2D eigenvalue weighted by Gasteiger charge is 2.57. The minimum atomic E-state index is -1.74. The number of hydrogen-bond acceptors (Lipinski definition) is 13. The Kier molecular flexibility index (Phi) is 11.6. The number of amides is 1. The van der Waals surface area contributed by atoms with E-state index in [-0.39, 0.29) is 25.8 Å². The number of fused-ring (bicyclic) bond motifs is 2. The quantitative estimate of drug-likeness (QED) is 0.0467. The number of rotatable bonds is 14. The minimum absolute atomic E-state index is 0.101. The zero-order valence-corrected chi connectivity index (χ0v) is 35.2. The van der Waals surface area contributed by atoms with Crippen LogP contribution in [0.5, 0.6) is 11.5 Å². The molecule has 15 heteroatoms. The van der Waals surface area contributed by atoms with E-state index >= 15 is 0 Å². The van der Waals surface area contributed by atoms with Crippen molar-refractivity contribution < 1.29 is 52.1 Å². The zero-order chi connectivity index (χ0) is 43.6. The Hall–Kier alpha value is -6.97. The summed E-state index contributed by atoms with van der Waals surface area (Å²) in [5, 5.41) is 4.55. The van der Waals surface area contributed by atoms with Crippen molar-refractivity contribution in [2.75, 3.05) is 35.0 Å². The van der Waals surface area contributed by atoms with Crippen molar-refractivity contribution in [2.24, 2.45) is 5.16 Å². The number of para-hydroxylation sites is 1. The summed E-state index contributed by atoms with van der Waals surface area (Å²) in [5.74, 6) is 0.589. The average Bonchev–Trinajstić information content (AvgIpc) is 4.07. The topological polar surface area (TPSA) is 162 Å². The Balaban J connectivity index is 1.23. The molecule has 0 spiro atoms. The van der Waals surface area contributed by atoms with Crippen LogP contribution in [-0.4, -0.2) is 91.9 Å². The molecule has 0 aliphatic carbocycles. The predicted molar refractivity (Wildman–Crippen MR) is 227 cm³/mol. The minimum Gasteiger partial charge on any atom is -0.496 e. The van der Waals surface area contributed by atoms with Gasteiger partial charge < -0.3 is 47.0 Å². The summed E-state index contributed by atoms with van der Waals surface area (Å²) in [5.41, 5.74) is 2.57. The number of oxazole rings is 1. The molecule has 1 amide bonds. The largest absolute Gasteiger partial charge is 0.496 e. The molecule has 1 saturated heterocycles. The van der Waals surface area contributed by atoms with E-state index in [1.54, 1.807) is 30.3 Å². The van der Waals surface area contributed by atoms with Crippen molar-refractivity contribution in [3.05, 3.63) is 125 Å². The van der Waals surface area contributed by atoms with E-state index in [0.717, 1.165) is 33.9 Å². The molecule has 0 N–H and O–H groups in total. The molecule has 15 nitrogen and oxygen atoms in total. The van der Waals surface area contributed by atoms with E-state index in [9.17, 15) is 14.4 Å². The summed E-state index contributed by atoms with van der Waals surface area (Å²) in [6.07, 6.45) is 3.96. The smallest absolute Gasteiger partial charge is 0.412 e. The maximum atomic E-state index is 14.0. The van der Waals surface area contributed by atoms with Gasteiger partial charge >= 0.3 is 12.1 Å². The number of oxime groups is 1. The standard InChI is InChI=1S/C47H46N4O11/c1-46(2)51(45(54)59-25-29-12-8-7-9-13-29)31(26-60-46)20-30-18-19-38(56-4)36(21-30)47(27-52)35-16-10-15-33(42(35)62-43(47)44(53)57-5)32-14-11-17-37-41(32)34(24-50(37)28-55-3)39-22-48-40(61-39)23-49-58-6/h7-19,21-24,27,31,43H,20,25-26,28H2,1-6H3/b49-23-/t31-,43+,47-/m0/s1. The first-order valence-electron chi connectivity index (χ1n) is 19.9. The van der Waals surface area contributed by atoms with Crippen LogP contribution in [0.2, 0.25) is 0 Å². The summed E-state index contributed by atoms with van der Waals surface area (Å²) in [6, 6.07) is 25.7. The third kappa shape index (κ3) is 7.32. The molecule has 1 fully saturated rings. The second-order valence-electron chi connectivity index (χ2n) is 15.4. The maximum absolute atomic E-state index is 14.0. The number of hydrogen-bond donors (Lipinski definition) is 0. The van der Waals surface area contributed by atoms with E-state index in [1.807, 2.05) is 97.4 Å². The lowest BCUT2D eigenvalue weighted by atomic mass is 9.71. The normalized spacial score (nSPS) is 19.0. The van der Waals surface area contributed by atoms with Gasteiger partial charge in [-0.1, -0.05) is 78.0 Å². The predicted octanol–water partition coefficient (Wildman–Crippen LogP) is 7.29. The number of carbonyl (C=O) groups is 3. The van der Waals surface area contributed by atoms with Crippen LogP contribution in [0.25, 0.3) is 33.4 Å². The monoisotopic (exact) mass is 842 g/mol. The van der Waals surface area contributed by atoms with E-state index in [0.29, 0.717) is 45.9 Å². The zero-order valence-electron chi connectivity index (χ0n) is 35.2. The molecule has 4 aromatic carbocycles. The first kappa shape index (κ1) is 41.8. The number of methoxy groups -OCH3 is 3. The number of benzene rings is 4. The van der Waals surface area contributed by atoms with Crippen LogP contribution in [0.1, 0.15) is 42.0 Å². The van der Waals surface area contributed by atoms with Crippen LogP contribution >= 0.6 is 0 Å². The van der Waals surface area contributed by atoms with Gasteiger partial charge in [0, 0.05) is 40.9 Å². The second-order valence-corrected chi connectivity index (χ2v) is 15.4. The van der Waals surface area contributed by atoms with Crippen molar-refractivity contribution in [2.45, 2.75) is 56.9 Å². The number of nitrogens with zero attached hydrogens (tertiary/aromatic N) is 4. The summed E-state index contributed by atoms with van der Waals surface area (Å²) in [6.45, 7) is 4.22. The van der Waals surface area contributed by atoms with Crippen molar-refractivity contribution >= 4 is 35.5 Å². The van der Waals surface area contributed by atoms with Gasteiger partial charge in [-0.3, -0.25) is 4.90 Å². The first-order valence-corrected chi connectivity index (χ1v) is 19.9. The molecule has 2 aliphatic heterocycles. The highest BCUT2D eigenvalue weighted by Crippen LogP contribution is 2.54. The molecule has 8 rings (SSSR count). The molecule has 6 aromatic rings. The molecule has 320 valence electrons. The lowest BCUT2D eigenvalue weighted by molar-refractivity contribution is -0.151. The Morgan fingerprint density at radius 1 is 0.919 bits per heavy atom. The van der Waals surface area contributed by atoms with Gasteiger partial charge in [0.15, 0.2) is 5.76 Å². The highest BCUT2D eigenvalue weighted by molar-refractivity contribution is 6.07. The Morgan fingerprint density at radius 2 is 1.71 bits per heavy atom. The molecule has 0 bridgehead atoms. The molecular formula is C47H46N4O11. The fourth-order valence-electron chi connectivity index (χ4n) is 8.62. The SMILES string of the molecule is COCn1cc(-c2cnc(/C=N\OC)o2)c2c(-c3cccc4c3O[C@H](C(=O)OC)[C@]4(C=O)c3cc(C[C@H]4COC(C)(C)N4C(=O)OCc4ccccc4)ccc3OC)cccc21. The molecule has 2 aliphatic rings. The molecule has 4 heterocycles. The molecular weight excluding hydrogens is 797 g/mol. The van der Waals surface area contributed by atoms with Crippen molar-refractivity contribution in [1.29, 1.82) is 0 Å². The number of ether oxygens (including phenoxy) is 6. The number of aldehydes is 1. The summed E-state index contributed by atoms with van der Waals surface area (Å²) < 4.78 is 43.4. The number of aromatic nitrogens is 2. The van der Waals surface area contributed by atoms with Crippen molar-refractivity contribution in [1.82, 2.24) is 14.5 Å². The van der Waals surface area contributed by atoms with Crippen molar-refractivity contribution in [3.8, 4) is 33.9 Å². The van der Waals surface area contributed by atoms with Crippen molar-refractivity contribution in [3.63, 3.8) is 0 Å². The van der Waals surface area contributed by atoms with Crippen LogP contribution in [0, 0.1) is 0 Å². The van der Waals surface area contributed by atoms with Gasteiger partial charge in [0.1, 0.15) is 55.6 Å². The molecule has 3 atom stereocenters. The lowest BCUT2D eigenvalue weighted by Crippen LogP contribution is -2.49. The third-order valence-corrected chi connectivity index (χ3v) is 11.4. The van der Waals surface area contributed by atoms with Gasteiger partial charge in [0.2, 0.25) is 12.0 Å². The van der Waals surface area contributed by atoms with Crippen LogP contribution in [-0.2, 0) is 58.5 Å². The van der Waals surface area contributed by atoms with Gasteiger partial charge in [-0.15, -0.1) is 0 Å². The number of esters is 1. The fourth-order valence-corrected chi connectivity index (χ4v) is 8.62. The highest BCUT2D eigenvalue weighted by atomic mass is 16.6. The van der Waals surface area contributed by atoms with Crippen LogP contribution in [0.3, 0.4) is 0 Å². The summed E-state index contributed by atoms with van der Waals surface area (Å²) in [4.78, 5) is 52.4. The molecule has 0 saturated carbocycles. The first-order chi connectivity index (χ1) is 30.1. The summed E-state index contributed by atoms with van der Waals surface area (Å²) >= 11 is 0. The molecule has 62 heavy (non-hydrogen) atoms.